The lowest BCUT2D eigenvalue weighted by Gasteiger charge is -2.11. The third kappa shape index (κ3) is 5.77. The molecule has 0 heterocycles. The molecule has 0 saturated carbocycles. The number of anilines is 1. The molecule has 0 atom stereocenters. The Morgan fingerprint density at radius 2 is 1.97 bits per heavy atom. The summed E-state index contributed by atoms with van der Waals surface area (Å²) < 4.78 is 20.3. The Morgan fingerprint density at radius 3 is 2.69 bits per heavy atom. The monoisotopic (exact) mass is 495 g/mol. The van der Waals surface area contributed by atoms with Crippen LogP contribution in [-0.2, 0) is 11.4 Å². The summed E-state index contributed by atoms with van der Waals surface area (Å²) in [5.74, 6) is -1.05. The molecule has 0 unspecified atom stereocenters. The molecule has 1 N–H and O–H groups in total. The highest BCUT2D eigenvalue weighted by molar-refractivity contribution is 9.10. The number of non-ortho nitro benzene ring substituents is 1. The molecule has 0 aliphatic heterocycles. The number of ether oxygens (including phenoxy) is 1. The van der Waals surface area contributed by atoms with Crippen molar-refractivity contribution < 1.29 is 18.8 Å². The van der Waals surface area contributed by atoms with Crippen molar-refractivity contribution >= 4 is 39.3 Å². The van der Waals surface area contributed by atoms with Gasteiger partial charge >= 0.3 is 0 Å². The van der Waals surface area contributed by atoms with Crippen LogP contribution in [0.15, 0.2) is 76.8 Å². The van der Waals surface area contributed by atoms with Gasteiger partial charge in [-0.3, -0.25) is 14.9 Å². The van der Waals surface area contributed by atoms with Gasteiger partial charge < -0.3 is 10.1 Å². The Hall–Kier alpha value is -4.03. The lowest BCUT2D eigenvalue weighted by Crippen LogP contribution is -2.14. The van der Waals surface area contributed by atoms with Crippen molar-refractivity contribution in [1.29, 1.82) is 5.26 Å². The minimum absolute atomic E-state index is 0.0352. The first-order valence-corrected chi connectivity index (χ1v) is 10.00. The molecule has 0 aliphatic carbocycles. The second kappa shape index (κ2) is 10.3. The molecule has 0 spiro atoms. The van der Waals surface area contributed by atoms with E-state index < -0.39 is 16.6 Å². The number of para-hydroxylation sites is 1. The van der Waals surface area contributed by atoms with Gasteiger partial charge in [0, 0.05) is 22.2 Å². The van der Waals surface area contributed by atoms with E-state index >= 15 is 0 Å². The van der Waals surface area contributed by atoms with Crippen molar-refractivity contribution in [2.24, 2.45) is 0 Å². The van der Waals surface area contributed by atoms with Crippen LogP contribution >= 0.6 is 15.9 Å². The maximum atomic E-state index is 13.8. The number of carbonyl (C=O) groups excluding carboxylic acids is 1. The zero-order valence-electron chi connectivity index (χ0n) is 16.4. The average Bonchev–Trinajstić information content (AvgIpc) is 2.78. The van der Waals surface area contributed by atoms with Crippen LogP contribution in [-0.4, -0.2) is 10.8 Å². The van der Waals surface area contributed by atoms with Gasteiger partial charge in [-0.2, -0.15) is 5.26 Å². The molecule has 0 fully saturated rings. The Balaban J connectivity index is 1.84. The van der Waals surface area contributed by atoms with Gasteiger partial charge in [0.05, 0.1) is 10.6 Å². The average molecular weight is 496 g/mol. The van der Waals surface area contributed by atoms with Crippen molar-refractivity contribution in [2.75, 3.05) is 5.32 Å². The van der Waals surface area contributed by atoms with Crippen molar-refractivity contribution in [2.45, 2.75) is 6.61 Å². The quantitative estimate of drug-likeness (QED) is 0.198. The number of amides is 1. The minimum atomic E-state index is -0.776. The highest BCUT2D eigenvalue weighted by Gasteiger charge is 2.14. The zero-order valence-corrected chi connectivity index (χ0v) is 18.0. The van der Waals surface area contributed by atoms with E-state index in [1.165, 1.54) is 36.4 Å². The van der Waals surface area contributed by atoms with Crippen LogP contribution in [0.4, 0.5) is 15.8 Å². The van der Waals surface area contributed by atoms with Gasteiger partial charge in [-0.25, -0.2) is 4.39 Å². The van der Waals surface area contributed by atoms with Gasteiger partial charge in [-0.05, 0) is 42.0 Å². The third-order valence-electron chi connectivity index (χ3n) is 4.27. The Labute approximate surface area is 191 Å². The lowest BCUT2D eigenvalue weighted by molar-refractivity contribution is -0.384. The van der Waals surface area contributed by atoms with Crippen LogP contribution in [0.25, 0.3) is 6.08 Å². The molecule has 0 saturated heterocycles. The molecule has 9 heteroatoms. The summed E-state index contributed by atoms with van der Waals surface area (Å²) in [4.78, 5) is 22.9. The van der Waals surface area contributed by atoms with Crippen molar-refractivity contribution in [1.82, 2.24) is 0 Å². The van der Waals surface area contributed by atoms with Gasteiger partial charge in [0.25, 0.3) is 11.6 Å². The fraction of sp³-hybridized carbons (Fsp3) is 0.0435. The smallest absolute Gasteiger partial charge is 0.269 e. The molecule has 160 valence electrons. The number of nitrogens with one attached hydrogen (secondary N) is 1. The Kier molecular flexibility index (Phi) is 7.31. The van der Waals surface area contributed by atoms with E-state index in [9.17, 15) is 24.6 Å². The molecular formula is C23H15BrFN3O4. The van der Waals surface area contributed by atoms with Gasteiger partial charge in [0.2, 0.25) is 0 Å². The van der Waals surface area contributed by atoms with E-state index in [0.29, 0.717) is 21.3 Å². The van der Waals surface area contributed by atoms with Gasteiger partial charge in [0.15, 0.2) is 0 Å². The molecule has 0 aliphatic rings. The topological polar surface area (TPSA) is 105 Å². The standard InChI is InChI=1S/C23H15BrFN3O4/c24-18-8-9-22(32-14-15-4-3-5-19(10-15)28(30)31)16(12-18)11-17(13-26)23(29)27-21-7-2-1-6-20(21)25/h1-12H,14H2,(H,27,29)/b17-11-. The predicted molar refractivity (Wildman–Crippen MR) is 120 cm³/mol. The largest absolute Gasteiger partial charge is 0.488 e. The van der Waals surface area contributed by atoms with E-state index in [1.807, 2.05) is 6.07 Å². The molecule has 0 bridgehead atoms. The first kappa shape index (κ1) is 22.7. The van der Waals surface area contributed by atoms with Crippen LogP contribution < -0.4 is 10.1 Å². The fourth-order valence-corrected chi connectivity index (χ4v) is 3.12. The second-order valence-corrected chi connectivity index (χ2v) is 7.42. The molecule has 3 rings (SSSR count). The predicted octanol–water partition coefficient (Wildman–Crippen LogP) is 5.62. The number of hydrogen-bond donors (Lipinski definition) is 1. The molecule has 0 radical (unpaired) electrons. The zero-order chi connectivity index (χ0) is 23.1. The highest BCUT2D eigenvalue weighted by atomic mass is 79.9. The Bertz CT molecular complexity index is 1250. The first-order chi connectivity index (χ1) is 15.4. The summed E-state index contributed by atoms with van der Waals surface area (Å²) in [6.07, 6.45) is 1.32. The van der Waals surface area contributed by atoms with Crippen LogP contribution in [0.5, 0.6) is 5.75 Å². The maximum Gasteiger partial charge on any atom is 0.269 e. The number of nitro benzene ring substituents is 1. The van der Waals surface area contributed by atoms with Gasteiger partial charge in [-0.15, -0.1) is 0 Å². The van der Waals surface area contributed by atoms with Crippen LogP contribution in [0, 0.1) is 27.3 Å². The van der Waals surface area contributed by atoms with Crippen molar-refractivity contribution in [3.05, 3.63) is 104 Å². The van der Waals surface area contributed by atoms with E-state index in [1.54, 1.807) is 36.4 Å². The number of carbonyl (C=O) groups is 1. The molecule has 1 amide bonds. The number of nitriles is 1. The number of halogens is 2. The normalized spacial score (nSPS) is 10.8. The summed E-state index contributed by atoms with van der Waals surface area (Å²) >= 11 is 3.34. The third-order valence-corrected chi connectivity index (χ3v) is 4.77. The summed E-state index contributed by atoms with van der Waals surface area (Å²) in [7, 11) is 0. The number of rotatable bonds is 7. The summed E-state index contributed by atoms with van der Waals surface area (Å²) in [5.41, 5.74) is 0.639. The van der Waals surface area contributed by atoms with Crippen LogP contribution in [0.1, 0.15) is 11.1 Å². The van der Waals surface area contributed by atoms with E-state index in [0.717, 1.165) is 0 Å². The highest BCUT2D eigenvalue weighted by Crippen LogP contribution is 2.27. The first-order valence-electron chi connectivity index (χ1n) is 9.20. The minimum Gasteiger partial charge on any atom is -0.488 e. The molecule has 7 nitrogen and oxygen atoms in total. The summed E-state index contributed by atoms with van der Waals surface area (Å²) in [6.45, 7) is 0.0352. The van der Waals surface area contributed by atoms with E-state index in [2.05, 4.69) is 21.2 Å². The Morgan fingerprint density at radius 1 is 1.19 bits per heavy atom. The molecule has 32 heavy (non-hydrogen) atoms. The van der Waals surface area contributed by atoms with Gasteiger partial charge in [-0.1, -0.05) is 40.2 Å². The lowest BCUT2D eigenvalue weighted by atomic mass is 10.1. The molecular weight excluding hydrogens is 481 g/mol. The maximum absolute atomic E-state index is 13.8. The van der Waals surface area contributed by atoms with E-state index in [-0.39, 0.29) is 23.6 Å². The fourth-order valence-electron chi connectivity index (χ4n) is 2.74. The van der Waals surface area contributed by atoms with Gasteiger partial charge in [0.1, 0.15) is 29.8 Å². The number of benzene rings is 3. The second-order valence-electron chi connectivity index (χ2n) is 6.50. The SMILES string of the molecule is N#C/C(=C/c1cc(Br)ccc1OCc1cccc([N+](=O)[O-])c1)C(=O)Nc1ccccc1F. The summed E-state index contributed by atoms with van der Waals surface area (Å²) in [6, 6.07) is 18.5. The van der Waals surface area contributed by atoms with Crippen molar-refractivity contribution in [3.63, 3.8) is 0 Å². The number of nitro groups is 1. The van der Waals surface area contributed by atoms with E-state index in [4.69, 9.17) is 4.74 Å². The van der Waals surface area contributed by atoms with Crippen LogP contribution in [0.3, 0.4) is 0 Å². The molecule has 0 aromatic heterocycles. The van der Waals surface area contributed by atoms with Crippen molar-refractivity contribution in [3.8, 4) is 11.8 Å². The number of nitrogens with zero attached hydrogens (tertiary/aromatic N) is 2. The number of hydrogen-bond acceptors (Lipinski definition) is 5. The van der Waals surface area contributed by atoms with Crippen LogP contribution in [0.2, 0.25) is 0 Å². The summed E-state index contributed by atoms with van der Waals surface area (Å²) in [5, 5.41) is 22.8. The molecule has 3 aromatic rings. The molecule has 3 aromatic carbocycles.